The minimum absolute atomic E-state index is 0.121. The van der Waals surface area contributed by atoms with Gasteiger partial charge in [0.05, 0.1) is 0 Å². The number of nitrogens with zero attached hydrogens (tertiary/aromatic N) is 1. The summed E-state index contributed by atoms with van der Waals surface area (Å²) in [4.78, 5) is 2.44. The quantitative estimate of drug-likeness (QED) is 0.841. The molecule has 1 aromatic rings. The molecule has 18 heavy (non-hydrogen) atoms. The van der Waals surface area contributed by atoms with Gasteiger partial charge in [-0.05, 0) is 44.4 Å². The van der Waals surface area contributed by atoms with Gasteiger partial charge >= 0.3 is 0 Å². The fraction of sp³-hybridized carbons (Fsp3) is 0.600. The van der Waals surface area contributed by atoms with Crippen LogP contribution in [0.2, 0.25) is 0 Å². The van der Waals surface area contributed by atoms with Crippen molar-refractivity contribution in [3.63, 3.8) is 0 Å². The number of benzene rings is 1. The molecule has 0 bridgehead atoms. The van der Waals surface area contributed by atoms with Gasteiger partial charge in [0.15, 0.2) is 0 Å². The number of hydrogen-bond acceptors (Lipinski definition) is 2. The van der Waals surface area contributed by atoms with Crippen LogP contribution in [0, 0.1) is 5.82 Å². The third-order valence-corrected chi connectivity index (χ3v) is 3.99. The number of hydrogen-bond donors (Lipinski definition) is 1. The van der Waals surface area contributed by atoms with E-state index >= 15 is 0 Å². The molecular weight excluding hydrogens is 227 g/mol. The van der Waals surface area contributed by atoms with Gasteiger partial charge in [0.2, 0.25) is 0 Å². The van der Waals surface area contributed by atoms with Gasteiger partial charge in [0.1, 0.15) is 5.82 Å². The Morgan fingerprint density at radius 2 is 2.06 bits per heavy atom. The van der Waals surface area contributed by atoms with Gasteiger partial charge in [-0.1, -0.05) is 25.1 Å². The fourth-order valence-electron chi connectivity index (χ4n) is 2.81. The van der Waals surface area contributed by atoms with Gasteiger partial charge in [-0.2, -0.15) is 0 Å². The van der Waals surface area contributed by atoms with E-state index in [4.69, 9.17) is 5.73 Å². The van der Waals surface area contributed by atoms with Crippen LogP contribution in [0.5, 0.6) is 0 Å². The van der Waals surface area contributed by atoms with Crippen LogP contribution < -0.4 is 5.73 Å². The topological polar surface area (TPSA) is 29.3 Å². The van der Waals surface area contributed by atoms with E-state index in [1.807, 2.05) is 12.1 Å². The molecule has 1 aromatic carbocycles. The van der Waals surface area contributed by atoms with Crippen LogP contribution >= 0.6 is 0 Å². The van der Waals surface area contributed by atoms with Crippen LogP contribution in [-0.4, -0.2) is 29.6 Å². The van der Waals surface area contributed by atoms with E-state index in [0.717, 1.165) is 12.1 Å². The SMILES string of the molecule is CCN(C1CC1)C(C)(CN)Cc1ccccc1F. The molecule has 0 aromatic heterocycles. The molecular formula is C15H23FN2. The lowest BCUT2D eigenvalue weighted by Crippen LogP contribution is -2.54. The van der Waals surface area contributed by atoms with E-state index in [1.54, 1.807) is 6.07 Å². The van der Waals surface area contributed by atoms with Crippen molar-refractivity contribution in [2.45, 2.75) is 44.7 Å². The molecule has 1 aliphatic carbocycles. The van der Waals surface area contributed by atoms with Crippen LogP contribution in [0.4, 0.5) is 4.39 Å². The van der Waals surface area contributed by atoms with Crippen molar-refractivity contribution in [3.05, 3.63) is 35.6 Å². The Bertz CT molecular complexity index is 403. The summed E-state index contributed by atoms with van der Waals surface area (Å²) in [5.74, 6) is -0.121. The smallest absolute Gasteiger partial charge is 0.126 e. The Morgan fingerprint density at radius 3 is 2.56 bits per heavy atom. The van der Waals surface area contributed by atoms with E-state index in [9.17, 15) is 4.39 Å². The second-order valence-corrected chi connectivity index (χ2v) is 5.49. The zero-order valence-electron chi connectivity index (χ0n) is 11.3. The molecule has 1 unspecified atom stereocenters. The van der Waals surface area contributed by atoms with Gasteiger partial charge in [0.25, 0.3) is 0 Å². The second kappa shape index (κ2) is 5.37. The minimum Gasteiger partial charge on any atom is -0.329 e. The first-order chi connectivity index (χ1) is 8.60. The summed E-state index contributed by atoms with van der Waals surface area (Å²) in [7, 11) is 0. The molecule has 3 heteroatoms. The summed E-state index contributed by atoms with van der Waals surface area (Å²) in [5.41, 5.74) is 6.61. The third-order valence-electron chi connectivity index (χ3n) is 3.99. The molecule has 0 saturated heterocycles. The van der Waals surface area contributed by atoms with Crippen molar-refractivity contribution >= 4 is 0 Å². The standard InChI is InChI=1S/C15H23FN2/c1-3-18(13-8-9-13)15(2,11-17)10-12-6-4-5-7-14(12)16/h4-7,13H,3,8-11,17H2,1-2H3. The fourth-order valence-corrected chi connectivity index (χ4v) is 2.81. The molecule has 0 heterocycles. The molecule has 1 saturated carbocycles. The average Bonchev–Trinajstić information content (AvgIpc) is 3.17. The van der Waals surface area contributed by atoms with Crippen molar-refractivity contribution in [1.29, 1.82) is 0 Å². The molecule has 0 amide bonds. The van der Waals surface area contributed by atoms with Crippen LogP contribution in [0.1, 0.15) is 32.3 Å². The summed E-state index contributed by atoms with van der Waals surface area (Å²) in [6.07, 6.45) is 3.18. The Hall–Kier alpha value is -0.930. The maximum absolute atomic E-state index is 13.8. The minimum atomic E-state index is -0.141. The largest absolute Gasteiger partial charge is 0.329 e. The lowest BCUT2D eigenvalue weighted by Gasteiger charge is -2.40. The Balaban J connectivity index is 2.19. The van der Waals surface area contributed by atoms with Crippen molar-refractivity contribution in [2.24, 2.45) is 5.73 Å². The van der Waals surface area contributed by atoms with Gasteiger partial charge in [-0.3, -0.25) is 4.90 Å². The first-order valence-corrected chi connectivity index (χ1v) is 6.81. The Labute approximate surface area is 109 Å². The number of nitrogens with two attached hydrogens (primary N) is 1. The van der Waals surface area contributed by atoms with Gasteiger partial charge in [-0.25, -0.2) is 4.39 Å². The molecule has 2 rings (SSSR count). The number of likely N-dealkylation sites (N-methyl/N-ethyl adjacent to an activating group) is 1. The van der Waals surface area contributed by atoms with E-state index in [2.05, 4.69) is 18.7 Å². The normalized spacial score (nSPS) is 18.9. The maximum Gasteiger partial charge on any atom is 0.126 e. The van der Waals surface area contributed by atoms with Gasteiger partial charge < -0.3 is 5.73 Å². The molecule has 100 valence electrons. The summed E-state index contributed by atoms with van der Waals surface area (Å²) >= 11 is 0. The number of halogens is 1. The van der Waals surface area contributed by atoms with E-state index in [-0.39, 0.29) is 11.4 Å². The van der Waals surface area contributed by atoms with Crippen LogP contribution in [0.25, 0.3) is 0 Å². The Kier molecular flexibility index (Phi) is 4.03. The second-order valence-electron chi connectivity index (χ2n) is 5.49. The van der Waals surface area contributed by atoms with Crippen LogP contribution in [0.15, 0.2) is 24.3 Å². The lowest BCUT2D eigenvalue weighted by molar-refractivity contribution is 0.107. The van der Waals surface area contributed by atoms with Crippen molar-refractivity contribution < 1.29 is 4.39 Å². The highest BCUT2D eigenvalue weighted by Gasteiger charge is 2.39. The average molecular weight is 250 g/mol. The van der Waals surface area contributed by atoms with Crippen LogP contribution in [-0.2, 0) is 6.42 Å². The lowest BCUT2D eigenvalue weighted by atomic mass is 9.90. The molecule has 0 radical (unpaired) electrons. The summed E-state index contributed by atoms with van der Waals surface area (Å²) in [5, 5.41) is 0. The number of rotatable bonds is 6. The molecule has 1 aliphatic rings. The molecule has 0 spiro atoms. The van der Waals surface area contributed by atoms with E-state index in [0.29, 0.717) is 19.0 Å². The molecule has 1 atom stereocenters. The first-order valence-electron chi connectivity index (χ1n) is 6.81. The maximum atomic E-state index is 13.8. The predicted octanol–water partition coefficient (Wildman–Crippen LogP) is 2.57. The summed E-state index contributed by atoms with van der Waals surface area (Å²) in [6.45, 7) is 5.85. The predicted molar refractivity (Wildman–Crippen MR) is 73.0 cm³/mol. The van der Waals surface area contributed by atoms with Gasteiger partial charge in [-0.15, -0.1) is 0 Å². The molecule has 0 aliphatic heterocycles. The highest BCUT2D eigenvalue weighted by atomic mass is 19.1. The highest BCUT2D eigenvalue weighted by molar-refractivity contribution is 5.20. The van der Waals surface area contributed by atoms with Crippen LogP contribution in [0.3, 0.4) is 0 Å². The van der Waals surface area contributed by atoms with Crippen molar-refractivity contribution in [3.8, 4) is 0 Å². The van der Waals surface area contributed by atoms with Crippen molar-refractivity contribution in [1.82, 2.24) is 4.90 Å². The first kappa shape index (κ1) is 13.5. The molecule has 1 fully saturated rings. The summed E-state index contributed by atoms with van der Waals surface area (Å²) in [6, 6.07) is 7.67. The third kappa shape index (κ3) is 2.73. The zero-order chi connectivity index (χ0) is 13.2. The Morgan fingerprint density at radius 1 is 1.39 bits per heavy atom. The van der Waals surface area contributed by atoms with Gasteiger partial charge in [0, 0.05) is 18.1 Å². The van der Waals surface area contributed by atoms with Crippen molar-refractivity contribution in [2.75, 3.05) is 13.1 Å². The molecule has 2 N–H and O–H groups in total. The highest BCUT2D eigenvalue weighted by Crippen LogP contribution is 2.34. The van der Waals surface area contributed by atoms with E-state index < -0.39 is 0 Å². The zero-order valence-corrected chi connectivity index (χ0v) is 11.3. The summed E-state index contributed by atoms with van der Waals surface area (Å²) < 4.78 is 13.8. The monoisotopic (exact) mass is 250 g/mol. The molecule has 2 nitrogen and oxygen atoms in total. The van der Waals surface area contributed by atoms with E-state index in [1.165, 1.54) is 18.9 Å².